The van der Waals surface area contributed by atoms with Crippen LogP contribution in [0.4, 0.5) is 11.6 Å². The predicted molar refractivity (Wildman–Crippen MR) is 239 cm³/mol. The van der Waals surface area contributed by atoms with Crippen LogP contribution in [0.3, 0.4) is 0 Å². The molecule has 2 aliphatic carbocycles. The van der Waals surface area contributed by atoms with Gasteiger partial charge in [-0.05, 0) is 103 Å². The lowest BCUT2D eigenvalue weighted by atomic mass is 9.79. The van der Waals surface area contributed by atoms with Crippen LogP contribution in [0.2, 0.25) is 0 Å². The normalized spacial score (nSPS) is 22.2. The standard InChI is InChI=1S/C28H23N3O3.C22H20N6O2/c32-16-21(17-5-2-1-3-6-17)13-25(33)23-9-8-18-11-19-14-28(15-20(19)12-24(18)30-23)22-7-4-10-29-26(22)31-27(28)34;29-20-22(14-2-1-4-24-18(14)27-20)8-12-6-15-16(7-13(12)9-22)26-19(25-15)17-10-21(30-28-17)3-5-23-11-21/h1-12,21,32H,13-16H2,(H,29,31,34);1-2,4,6-7,23H,3,5,8-11H2,(H,25,26)(H,24,27,29). The third kappa shape index (κ3) is 6.07. The van der Waals surface area contributed by atoms with Crippen LogP contribution in [0, 0.1) is 0 Å². The zero-order valence-corrected chi connectivity index (χ0v) is 34.8. The van der Waals surface area contributed by atoms with Crippen LogP contribution >= 0.6 is 0 Å². The second-order valence-corrected chi connectivity index (χ2v) is 18.1. The largest absolute Gasteiger partial charge is 0.396 e. The van der Waals surface area contributed by atoms with Crippen molar-refractivity contribution in [3.05, 3.63) is 154 Å². The molecule has 14 nitrogen and oxygen atoms in total. The van der Waals surface area contributed by atoms with Crippen molar-refractivity contribution >= 4 is 56.9 Å². The van der Waals surface area contributed by atoms with Gasteiger partial charge in [-0.25, -0.2) is 19.9 Å². The van der Waals surface area contributed by atoms with Crippen molar-refractivity contribution in [3.8, 4) is 0 Å². The molecule has 0 bridgehead atoms. The third-order valence-corrected chi connectivity index (χ3v) is 14.3. The van der Waals surface area contributed by atoms with Gasteiger partial charge in [0.05, 0.1) is 34.0 Å². The van der Waals surface area contributed by atoms with Crippen LogP contribution in [0.25, 0.3) is 21.9 Å². The van der Waals surface area contributed by atoms with Crippen molar-refractivity contribution in [1.82, 2.24) is 30.2 Å². The van der Waals surface area contributed by atoms with Crippen LogP contribution in [0.15, 0.2) is 109 Å². The molecule has 4 atom stereocenters. The van der Waals surface area contributed by atoms with Gasteiger partial charge in [-0.1, -0.05) is 53.7 Å². The molecule has 14 heteroatoms. The van der Waals surface area contributed by atoms with Gasteiger partial charge >= 0.3 is 0 Å². The first-order chi connectivity index (χ1) is 31.2. The number of aromatic amines is 1. The average Bonchev–Trinajstić information content (AvgIpc) is 4.20. The van der Waals surface area contributed by atoms with Gasteiger partial charge in [-0.3, -0.25) is 14.4 Å². The first kappa shape index (κ1) is 38.5. The highest BCUT2D eigenvalue weighted by atomic mass is 16.7. The van der Waals surface area contributed by atoms with E-state index < -0.39 is 10.8 Å². The summed E-state index contributed by atoms with van der Waals surface area (Å²) in [6, 6.07) is 29.4. The maximum absolute atomic E-state index is 13.0. The molecular weight excluding hydrogens is 807 g/mol. The highest BCUT2D eigenvalue weighted by molar-refractivity contribution is 6.08. The summed E-state index contributed by atoms with van der Waals surface area (Å²) in [5, 5.41) is 24.4. The fourth-order valence-corrected chi connectivity index (χ4v) is 10.9. The molecule has 4 aromatic heterocycles. The molecule has 0 radical (unpaired) electrons. The van der Waals surface area contributed by atoms with Crippen LogP contribution < -0.4 is 16.0 Å². The number of carbonyl (C=O) groups is 3. The molecule has 4 unspecified atom stereocenters. The first-order valence-electron chi connectivity index (χ1n) is 21.8. The number of aliphatic hydroxyl groups is 1. The number of benzene rings is 3. The van der Waals surface area contributed by atoms with Crippen molar-refractivity contribution in [1.29, 1.82) is 0 Å². The van der Waals surface area contributed by atoms with Crippen molar-refractivity contribution in [2.45, 2.75) is 67.3 Å². The van der Waals surface area contributed by atoms with Gasteiger partial charge in [0.25, 0.3) is 0 Å². The van der Waals surface area contributed by atoms with Crippen LogP contribution in [0.1, 0.15) is 80.4 Å². The smallest absolute Gasteiger partial charge is 0.237 e. The molecule has 7 aromatic rings. The van der Waals surface area contributed by atoms with E-state index in [-0.39, 0.29) is 42.1 Å². The fraction of sp³-hybridized carbons (Fsp3) is 0.280. The van der Waals surface area contributed by atoms with Crippen LogP contribution in [0.5, 0.6) is 0 Å². The van der Waals surface area contributed by atoms with Crippen molar-refractivity contribution in [2.24, 2.45) is 5.16 Å². The molecule has 1 saturated heterocycles. The summed E-state index contributed by atoms with van der Waals surface area (Å²) < 4.78 is 0. The fourth-order valence-electron chi connectivity index (χ4n) is 10.9. The average molecular weight is 850 g/mol. The molecule has 13 rings (SSSR count). The summed E-state index contributed by atoms with van der Waals surface area (Å²) in [6.45, 7) is 1.69. The lowest BCUT2D eigenvalue weighted by Gasteiger charge is -2.20. The first-order valence-corrected chi connectivity index (χ1v) is 21.8. The maximum Gasteiger partial charge on any atom is 0.237 e. The molecule has 3 spiro atoms. The molecule has 6 aliphatic rings. The number of aromatic nitrogens is 5. The minimum absolute atomic E-state index is 0.0127. The molecule has 0 saturated carbocycles. The number of imidazole rings is 1. The quantitative estimate of drug-likeness (QED) is 0.128. The summed E-state index contributed by atoms with van der Waals surface area (Å²) in [7, 11) is 0. The summed E-state index contributed by atoms with van der Waals surface area (Å²) in [6.07, 6.45) is 7.90. The number of nitrogens with zero attached hydrogens (tertiary/aromatic N) is 5. The number of fused-ring (bicyclic) bond motifs is 8. The molecule has 5 N–H and O–H groups in total. The monoisotopic (exact) mass is 849 g/mol. The zero-order valence-electron chi connectivity index (χ0n) is 34.8. The molecule has 318 valence electrons. The van der Waals surface area contributed by atoms with Crippen molar-refractivity contribution in [2.75, 3.05) is 30.3 Å². The van der Waals surface area contributed by atoms with Gasteiger partial charge in [-0.2, -0.15) is 0 Å². The van der Waals surface area contributed by atoms with E-state index >= 15 is 0 Å². The molecule has 1 fully saturated rings. The number of pyridine rings is 3. The van der Waals surface area contributed by atoms with E-state index in [9.17, 15) is 19.5 Å². The van der Waals surface area contributed by atoms with Gasteiger partial charge in [0, 0.05) is 60.6 Å². The number of rotatable bonds is 6. The topological polar surface area (TPSA) is 196 Å². The Hall–Kier alpha value is -7.16. The Morgan fingerprint density at radius 2 is 1.39 bits per heavy atom. The number of H-pyrrole nitrogens is 1. The van der Waals surface area contributed by atoms with E-state index in [0.29, 0.717) is 43.0 Å². The Balaban J connectivity index is 0.000000136. The molecule has 64 heavy (non-hydrogen) atoms. The second-order valence-electron chi connectivity index (χ2n) is 18.1. The number of carbonyl (C=O) groups excluding carboxylic acids is 3. The Labute approximate surface area is 367 Å². The van der Waals surface area contributed by atoms with Gasteiger partial charge in [0.15, 0.2) is 17.2 Å². The van der Waals surface area contributed by atoms with Gasteiger partial charge < -0.3 is 30.9 Å². The van der Waals surface area contributed by atoms with E-state index in [4.69, 9.17) is 9.82 Å². The molecule has 3 aromatic carbocycles. The van der Waals surface area contributed by atoms with Crippen LogP contribution in [-0.2, 0) is 50.9 Å². The van der Waals surface area contributed by atoms with Crippen LogP contribution in [-0.4, -0.2) is 78.6 Å². The number of oxime groups is 1. The number of ketones is 1. The SMILES string of the molecule is O=C(CC(CO)c1ccccc1)c1ccc2cc3c(cc2n1)CC1(C3)C(=O)Nc2ncccc21.O=C1Nc2ncccc2C12Cc1cc3nc(C4=NOC5(CCNC5)C4)[nH]c3cc1C2. The molecule has 4 aliphatic heterocycles. The Morgan fingerprint density at radius 1 is 0.734 bits per heavy atom. The minimum Gasteiger partial charge on any atom is -0.396 e. The van der Waals surface area contributed by atoms with Gasteiger partial charge in [0.1, 0.15) is 23.0 Å². The van der Waals surface area contributed by atoms with E-state index in [0.717, 1.165) is 87.2 Å². The lowest BCUT2D eigenvalue weighted by molar-refractivity contribution is -0.121. The number of nitrogens with one attached hydrogen (secondary N) is 4. The van der Waals surface area contributed by atoms with Gasteiger partial charge in [-0.15, -0.1) is 0 Å². The Morgan fingerprint density at radius 3 is 2.05 bits per heavy atom. The lowest BCUT2D eigenvalue weighted by Crippen LogP contribution is -2.35. The number of amides is 2. The Bertz CT molecular complexity index is 3100. The summed E-state index contributed by atoms with van der Waals surface area (Å²) in [5.41, 5.74) is 9.93. The number of hydrogen-bond acceptors (Lipinski definition) is 11. The molecule has 2 amide bonds. The highest BCUT2D eigenvalue weighted by Crippen LogP contribution is 2.49. The van der Waals surface area contributed by atoms with E-state index in [1.54, 1.807) is 18.5 Å². The van der Waals surface area contributed by atoms with Gasteiger partial charge in [0.2, 0.25) is 11.8 Å². The number of aliphatic hydroxyl groups excluding tert-OH is 1. The van der Waals surface area contributed by atoms with E-state index in [1.165, 1.54) is 11.1 Å². The van der Waals surface area contributed by atoms with E-state index in [1.807, 2.05) is 66.7 Å². The van der Waals surface area contributed by atoms with E-state index in [2.05, 4.69) is 59.2 Å². The highest BCUT2D eigenvalue weighted by Gasteiger charge is 2.52. The maximum atomic E-state index is 13.0. The summed E-state index contributed by atoms with van der Waals surface area (Å²) in [5.74, 6) is 1.78. The van der Waals surface area contributed by atoms with Crippen molar-refractivity contribution < 1.29 is 24.3 Å². The number of anilines is 2. The zero-order chi connectivity index (χ0) is 43.2. The Kier molecular flexibility index (Phi) is 8.69. The minimum atomic E-state index is -0.633. The molecule has 8 heterocycles. The van der Waals surface area contributed by atoms with Crippen molar-refractivity contribution in [3.63, 3.8) is 0 Å². The summed E-state index contributed by atoms with van der Waals surface area (Å²) >= 11 is 0. The number of hydrogen-bond donors (Lipinski definition) is 5. The third-order valence-electron chi connectivity index (χ3n) is 14.3. The summed E-state index contributed by atoms with van der Waals surface area (Å²) in [4.78, 5) is 66.2. The molecular formula is C50H43N9O5. The number of Topliss-reactive ketones (excluding diaryl/α,β-unsaturated/α-hetero) is 1. The predicted octanol–water partition coefficient (Wildman–Crippen LogP) is 5.77. The second kappa shape index (κ2) is 14.4.